The maximum atomic E-state index is 12.2. The first-order valence-electron chi connectivity index (χ1n) is 10.6. The van der Waals surface area contributed by atoms with Gasteiger partial charge in [0.15, 0.2) is 0 Å². The molecule has 0 spiro atoms. The van der Waals surface area contributed by atoms with E-state index in [0.717, 1.165) is 27.6 Å². The number of halogens is 1. The van der Waals surface area contributed by atoms with Crippen LogP contribution in [0.2, 0.25) is 5.02 Å². The Labute approximate surface area is 198 Å². The molecule has 0 aliphatic rings. The molecule has 6 heteroatoms. The van der Waals surface area contributed by atoms with Crippen LogP contribution in [0.3, 0.4) is 0 Å². The summed E-state index contributed by atoms with van der Waals surface area (Å²) in [6.07, 6.45) is 1.63. The quantitative estimate of drug-likeness (QED) is 0.254. The zero-order chi connectivity index (χ0) is 23.0. The first-order valence-corrected chi connectivity index (χ1v) is 11.0. The number of aryl methyl sites for hydroxylation is 1. The second-order valence-electron chi connectivity index (χ2n) is 7.63. The lowest BCUT2D eigenvalue weighted by molar-refractivity contribution is -0.119. The number of ether oxygens (including phenoxy) is 1. The molecule has 1 amide bonds. The number of carbonyl (C=O) groups excluding carboxylic acids is 1. The highest BCUT2D eigenvalue weighted by molar-refractivity contribution is 6.30. The molecule has 0 atom stereocenters. The van der Waals surface area contributed by atoms with Gasteiger partial charge in [0, 0.05) is 16.3 Å². The Morgan fingerprint density at radius 3 is 2.52 bits per heavy atom. The fourth-order valence-corrected chi connectivity index (χ4v) is 3.46. The Balaban J connectivity index is 1.45. The Bertz CT molecular complexity index is 1270. The number of anilines is 1. The maximum absolute atomic E-state index is 12.2. The van der Waals surface area contributed by atoms with Gasteiger partial charge in [0.1, 0.15) is 12.4 Å². The fraction of sp³-hybridized carbons (Fsp3) is 0.111. The van der Waals surface area contributed by atoms with Crippen LogP contribution in [-0.2, 0) is 11.4 Å². The van der Waals surface area contributed by atoms with E-state index in [9.17, 15) is 4.79 Å². The third-order valence-electron chi connectivity index (χ3n) is 5.13. The van der Waals surface area contributed by atoms with Gasteiger partial charge in [-0.1, -0.05) is 71.8 Å². The number of amides is 1. The zero-order valence-electron chi connectivity index (χ0n) is 18.2. The summed E-state index contributed by atoms with van der Waals surface area (Å²) in [6, 6.07) is 27.3. The van der Waals surface area contributed by atoms with Crippen molar-refractivity contribution in [3.8, 4) is 5.75 Å². The molecule has 4 aromatic rings. The summed E-state index contributed by atoms with van der Waals surface area (Å²) in [5.74, 6) is 0.440. The summed E-state index contributed by atoms with van der Waals surface area (Å²) in [7, 11) is 0. The van der Waals surface area contributed by atoms with Crippen LogP contribution in [0.25, 0.3) is 10.8 Å². The van der Waals surface area contributed by atoms with Gasteiger partial charge in [-0.2, -0.15) is 5.10 Å². The molecular weight excluding hydrogens is 434 g/mol. The van der Waals surface area contributed by atoms with Crippen LogP contribution in [-0.4, -0.2) is 18.7 Å². The van der Waals surface area contributed by atoms with Gasteiger partial charge in [-0.15, -0.1) is 0 Å². The predicted octanol–water partition coefficient (Wildman–Crippen LogP) is 5.94. The molecule has 4 rings (SSSR count). The molecule has 0 aliphatic heterocycles. The largest absolute Gasteiger partial charge is 0.488 e. The smallest absolute Gasteiger partial charge is 0.259 e. The molecule has 0 radical (unpaired) electrons. The Morgan fingerprint density at radius 2 is 1.73 bits per heavy atom. The minimum atomic E-state index is -0.240. The van der Waals surface area contributed by atoms with Crippen molar-refractivity contribution in [1.29, 1.82) is 0 Å². The molecule has 0 aromatic heterocycles. The minimum absolute atomic E-state index is 0.121. The molecule has 4 aromatic carbocycles. The van der Waals surface area contributed by atoms with E-state index in [0.29, 0.717) is 17.4 Å². The third-order valence-corrected chi connectivity index (χ3v) is 5.38. The number of hydrazone groups is 1. The Kier molecular flexibility index (Phi) is 7.22. The topological polar surface area (TPSA) is 62.7 Å². The van der Waals surface area contributed by atoms with E-state index in [1.807, 2.05) is 91.9 Å². The molecular formula is C27H24ClN3O2. The van der Waals surface area contributed by atoms with Crippen LogP contribution < -0.4 is 15.5 Å². The standard InChI is InChI=1S/C27H24ClN3O2/c1-19-6-13-23(14-7-19)29-17-27(32)31-30-16-25-24-5-3-2-4-21(24)10-15-26(25)33-18-20-8-11-22(28)12-9-20/h2-16,29H,17-18H2,1H3,(H,31,32)/b30-16-. The van der Waals surface area contributed by atoms with E-state index in [-0.39, 0.29) is 12.5 Å². The minimum Gasteiger partial charge on any atom is -0.488 e. The lowest BCUT2D eigenvalue weighted by Gasteiger charge is -2.12. The van der Waals surface area contributed by atoms with Crippen molar-refractivity contribution < 1.29 is 9.53 Å². The lowest BCUT2D eigenvalue weighted by Crippen LogP contribution is -2.25. The highest BCUT2D eigenvalue weighted by atomic mass is 35.5. The molecule has 0 fully saturated rings. The molecule has 0 saturated heterocycles. The van der Waals surface area contributed by atoms with Gasteiger partial charge in [0.05, 0.1) is 12.8 Å². The third kappa shape index (κ3) is 6.11. The van der Waals surface area contributed by atoms with Crippen LogP contribution in [0.4, 0.5) is 5.69 Å². The number of hydrogen-bond acceptors (Lipinski definition) is 4. The van der Waals surface area contributed by atoms with Crippen molar-refractivity contribution >= 4 is 40.2 Å². The number of nitrogens with zero attached hydrogens (tertiary/aromatic N) is 1. The Morgan fingerprint density at radius 1 is 0.970 bits per heavy atom. The second kappa shape index (κ2) is 10.7. The average Bonchev–Trinajstić information content (AvgIpc) is 2.84. The molecule has 5 nitrogen and oxygen atoms in total. The second-order valence-corrected chi connectivity index (χ2v) is 8.06. The van der Waals surface area contributed by atoms with E-state index >= 15 is 0 Å². The number of hydrogen-bond donors (Lipinski definition) is 2. The summed E-state index contributed by atoms with van der Waals surface area (Å²) in [4.78, 5) is 12.2. The van der Waals surface area contributed by atoms with E-state index in [1.165, 1.54) is 5.56 Å². The van der Waals surface area contributed by atoms with Crippen LogP contribution >= 0.6 is 11.6 Å². The highest BCUT2D eigenvalue weighted by Gasteiger charge is 2.08. The van der Waals surface area contributed by atoms with Crippen molar-refractivity contribution in [3.05, 3.63) is 107 Å². The number of carbonyl (C=O) groups is 1. The van der Waals surface area contributed by atoms with Gasteiger partial charge in [-0.05, 0) is 53.6 Å². The van der Waals surface area contributed by atoms with Gasteiger partial charge in [-0.3, -0.25) is 4.79 Å². The summed E-state index contributed by atoms with van der Waals surface area (Å²) >= 11 is 5.97. The molecule has 0 heterocycles. The molecule has 0 unspecified atom stereocenters. The van der Waals surface area contributed by atoms with Crippen molar-refractivity contribution in [1.82, 2.24) is 5.43 Å². The van der Waals surface area contributed by atoms with E-state index in [2.05, 4.69) is 15.8 Å². The zero-order valence-corrected chi connectivity index (χ0v) is 19.0. The van der Waals surface area contributed by atoms with Gasteiger partial charge in [0.25, 0.3) is 5.91 Å². The molecule has 166 valence electrons. The van der Waals surface area contributed by atoms with Crippen molar-refractivity contribution in [2.45, 2.75) is 13.5 Å². The summed E-state index contributed by atoms with van der Waals surface area (Å²) in [6.45, 7) is 2.53. The van der Waals surface area contributed by atoms with E-state index in [1.54, 1.807) is 6.21 Å². The van der Waals surface area contributed by atoms with Crippen LogP contribution in [0, 0.1) is 6.92 Å². The molecule has 0 aliphatic carbocycles. The molecule has 2 N–H and O–H groups in total. The average molecular weight is 458 g/mol. The van der Waals surface area contributed by atoms with Gasteiger partial charge >= 0.3 is 0 Å². The highest BCUT2D eigenvalue weighted by Crippen LogP contribution is 2.27. The van der Waals surface area contributed by atoms with Crippen molar-refractivity contribution in [2.75, 3.05) is 11.9 Å². The van der Waals surface area contributed by atoms with Crippen LogP contribution in [0.5, 0.6) is 5.75 Å². The first-order chi connectivity index (χ1) is 16.1. The van der Waals surface area contributed by atoms with E-state index in [4.69, 9.17) is 16.3 Å². The Hall–Kier alpha value is -3.83. The molecule has 0 bridgehead atoms. The SMILES string of the molecule is Cc1ccc(NCC(=O)N/N=C\c2c(OCc3ccc(Cl)cc3)ccc3ccccc23)cc1. The lowest BCUT2D eigenvalue weighted by atomic mass is 10.0. The first kappa shape index (κ1) is 22.4. The number of rotatable bonds is 8. The maximum Gasteiger partial charge on any atom is 0.259 e. The van der Waals surface area contributed by atoms with Gasteiger partial charge < -0.3 is 10.1 Å². The summed E-state index contributed by atoms with van der Waals surface area (Å²) in [5.41, 5.74) is 6.43. The predicted molar refractivity (Wildman–Crippen MR) is 135 cm³/mol. The number of nitrogens with one attached hydrogen (secondary N) is 2. The van der Waals surface area contributed by atoms with Gasteiger partial charge in [-0.25, -0.2) is 5.43 Å². The number of fused-ring (bicyclic) bond motifs is 1. The van der Waals surface area contributed by atoms with Gasteiger partial charge in [0.2, 0.25) is 0 Å². The van der Waals surface area contributed by atoms with E-state index < -0.39 is 0 Å². The molecule has 0 saturated carbocycles. The van der Waals surface area contributed by atoms with Crippen molar-refractivity contribution in [2.24, 2.45) is 5.10 Å². The number of benzene rings is 4. The fourth-order valence-electron chi connectivity index (χ4n) is 3.34. The summed E-state index contributed by atoms with van der Waals surface area (Å²) in [5, 5.41) is 10.0. The monoisotopic (exact) mass is 457 g/mol. The molecule has 33 heavy (non-hydrogen) atoms. The van der Waals surface area contributed by atoms with Crippen LogP contribution in [0.15, 0.2) is 90.0 Å². The van der Waals surface area contributed by atoms with Crippen LogP contribution in [0.1, 0.15) is 16.7 Å². The normalized spacial score (nSPS) is 11.0. The summed E-state index contributed by atoms with van der Waals surface area (Å²) < 4.78 is 6.08. The van der Waals surface area contributed by atoms with Crippen molar-refractivity contribution in [3.63, 3.8) is 0 Å².